The summed E-state index contributed by atoms with van der Waals surface area (Å²) in [6, 6.07) is 10.7. The van der Waals surface area contributed by atoms with Crippen molar-refractivity contribution in [1.82, 2.24) is 4.98 Å². The lowest BCUT2D eigenvalue weighted by Gasteiger charge is -2.03. The third kappa shape index (κ3) is 2.60. The molecule has 0 aliphatic carbocycles. The molecule has 90 valence electrons. The number of rotatable bonds is 4. The predicted molar refractivity (Wildman–Crippen MR) is 73.5 cm³/mol. The highest BCUT2D eigenvalue weighted by Crippen LogP contribution is 2.19. The molecule has 0 radical (unpaired) electrons. The first-order valence-electron chi connectivity index (χ1n) is 6.43. The molecule has 0 aliphatic heterocycles. The van der Waals surface area contributed by atoms with Gasteiger partial charge in [0.1, 0.15) is 0 Å². The zero-order valence-corrected chi connectivity index (χ0v) is 11.0. The minimum absolute atomic E-state index is 1.11. The highest BCUT2D eigenvalue weighted by atomic mass is 14.7. The molecule has 1 aromatic carbocycles. The molecule has 0 aliphatic rings. The van der Waals surface area contributed by atoms with Gasteiger partial charge < -0.3 is 4.98 Å². The van der Waals surface area contributed by atoms with Crippen molar-refractivity contribution in [3.63, 3.8) is 0 Å². The molecule has 2 rings (SSSR count). The second-order valence-corrected chi connectivity index (χ2v) is 4.67. The van der Waals surface area contributed by atoms with Crippen molar-refractivity contribution in [2.45, 2.75) is 40.0 Å². The van der Waals surface area contributed by atoms with Crippen LogP contribution in [0.1, 0.15) is 35.0 Å². The van der Waals surface area contributed by atoms with Gasteiger partial charge in [0.2, 0.25) is 0 Å². The monoisotopic (exact) mass is 227 g/mol. The van der Waals surface area contributed by atoms with Crippen molar-refractivity contribution >= 4 is 0 Å². The van der Waals surface area contributed by atoms with Gasteiger partial charge in [0.25, 0.3) is 0 Å². The average molecular weight is 227 g/mol. The highest BCUT2D eigenvalue weighted by Gasteiger charge is 2.09. The third-order valence-electron chi connectivity index (χ3n) is 3.58. The maximum absolute atomic E-state index is 3.53. The smallest absolute Gasteiger partial charge is 0.0187 e. The number of hydrogen-bond donors (Lipinski definition) is 1. The van der Waals surface area contributed by atoms with Gasteiger partial charge in [0.05, 0.1) is 0 Å². The molecule has 1 N–H and O–H groups in total. The fourth-order valence-corrected chi connectivity index (χ4v) is 2.45. The van der Waals surface area contributed by atoms with Crippen LogP contribution in [0.3, 0.4) is 0 Å². The minimum atomic E-state index is 1.11. The molecule has 0 fully saturated rings. The molecule has 1 nitrogen and oxygen atoms in total. The molecular formula is C16H21N. The van der Waals surface area contributed by atoms with Gasteiger partial charge >= 0.3 is 0 Å². The van der Waals surface area contributed by atoms with E-state index in [0.29, 0.717) is 0 Å². The van der Waals surface area contributed by atoms with Crippen molar-refractivity contribution in [3.05, 3.63) is 58.4 Å². The average Bonchev–Trinajstić information content (AvgIpc) is 2.63. The Morgan fingerprint density at radius 3 is 2.35 bits per heavy atom. The molecule has 1 heteroatoms. The van der Waals surface area contributed by atoms with Crippen LogP contribution in [-0.2, 0) is 19.3 Å². The van der Waals surface area contributed by atoms with Crippen LogP contribution in [-0.4, -0.2) is 4.98 Å². The quantitative estimate of drug-likeness (QED) is 0.813. The zero-order chi connectivity index (χ0) is 12.3. The molecule has 0 amide bonds. The van der Waals surface area contributed by atoms with E-state index >= 15 is 0 Å². The van der Waals surface area contributed by atoms with E-state index in [1.54, 1.807) is 0 Å². The maximum atomic E-state index is 3.53. The fraction of sp³-hybridized carbons (Fsp3) is 0.375. The molecule has 1 heterocycles. The van der Waals surface area contributed by atoms with E-state index in [0.717, 1.165) is 19.3 Å². The SMILES string of the molecule is CCc1c(CCc2ccccc2)[nH]c(C)c1C. The molecule has 17 heavy (non-hydrogen) atoms. The number of nitrogens with one attached hydrogen (secondary N) is 1. The van der Waals surface area contributed by atoms with Crippen molar-refractivity contribution < 1.29 is 0 Å². The molecular weight excluding hydrogens is 206 g/mol. The Balaban J connectivity index is 2.12. The molecule has 1 aromatic heterocycles. The summed E-state index contributed by atoms with van der Waals surface area (Å²) < 4.78 is 0. The number of H-pyrrole nitrogens is 1. The molecule has 0 bridgehead atoms. The third-order valence-corrected chi connectivity index (χ3v) is 3.58. The summed E-state index contributed by atoms with van der Waals surface area (Å²) in [5.74, 6) is 0. The molecule has 0 unspecified atom stereocenters. The normalized spacial score (nSPS) is 10.8. The molecule has 2 aromatic rings. The van der Waals surface area contributed by atoms with E-state index in [4.69, 9.17) is 0 Å². The summed E-state index contributed by atoms with van der Waals surface area (Å²) in [6.45, 7) is 6.62. The fourth-order valence-electron chi connectivity index (χ4n) is 2.45. The van der Waals surface area contributed by atoms with Gasteiger partial charge in [-0.1, -0.05) is 37.3 Å². The second-order valence-electron chi connectivity index (χ2n) is 4.67. The van der Waals surface area contributed by atoms with Crippen molar-refractivity contribution in [1.29, 1.82) is 0 Å². The summed E-state index contributed by atoms with van der Waals surface area (Å²) >= 11 is 0. The summed E-state index contributed by atoms with van der Waals surface area (Å²) in [5.41, 5.74) is 7.12. The summed E-state index contributed by atoms with van der Waals surface area (Å²) in [6.07, 6.45) is 3.36. The van der Waals surface area contributed by atoms with E-state index in [9.17, 15) is 0 Å². The summed E-state index contributed by atoms with van der Waals surface area (Å²) in [7, 11) is 0. The Kier molecular flexibility index (Phi) is 3.68. The number of aryl methyl sites for hydroxylation is 3. The lowest BCUT2D eigenvalue weighted by atomic mass is 10.0. The predicted octanol–water partition coefficient (Wildman–Crippen LogP) is 3.98. The van der Waals surface area contributed by atoms with E-state index in [1.807, 2.05) is 0 Å². The number of aromatic nitrogens is 1. The molecule has 0 spiro atoms. The largest absolute Gasteiger partial charge is 0.362 e. The Hall–Kier alpha value is -1.50. The van der Waals surface area contributed by atoms with Crippen LogP contribution in [0.4, 0.5) is 0 Å². The lowest BCUT2D eigenvalue weighted by Crippen LogP contribution is -1.95. The van der Waals surface area contributed by atoms with E-state index in [2.05, 4.69) is 56.1 Å². The Morgan fingerprint density at radius 1 is 1.00 bits per heavy atom. The Morgan fingerprint density at radius 2 is 1.71 bits per heavy atom. The van der Waals surface area contributed by atoms with Gasteiger partial charge in [-0.2, -0.15) is 0 Å². The summed E-state index contributed by atoms with van der Waals surface area (Å²) in [4.78, 5) is 3.53. The number of benzene rings is 1. The standard InChI is InChI=1S/C16H21N/c1-4-15-12(2)13(3)17-16(15)11-10-14-8-6-5-7-9-14/h5-9,17H,4,10-11H2,1-3H3. The van der Waals surface area contributed by atoms with Gasteiger partial charge in [0, 0.05) is 11.4 Å². The van der Waals surface area contributed by atoms with Crippen LogP contribution >= 0.6 is 0 Å². The van der Waals surface area contributed by atoms with Crippen molar-refractivity contribution in [3.8, 4) is 0 Å². The topological polar surface area (TPSA) is 15.8 Å². The van der Waals surface area contributed by atoms with Gasteiger partial charge in [-0.25, -0.2) is 0 Å². The van der Waals surface area contributed by atoms with Gasteiger partial charge in [-0.15, -0.1) is 0 Å². The van der Waals surface area contributed by atoms with Gasteiger partial charge in [-0.3, -0.25) is 0 Å². The van der Waals surface area contributed by atoms with Crippen molar-refractivity contribution in [2.24, 2.45) is 0 Å². The number of hydrogen-bond acceptors (Lipinski definition) is 0. The first-order chi connectivity index (χ1) is 8.22. The Bertz CT molecular complexity index is 480. The van der Waals surface area contributed by atoms with Crippen LogP contribution in [0.5, 0.6) is 0 Å². The minimum Gasteiger partial charge on any atom is -0.362 e. The van der Waals surface area contributed by atoms with Crippen LogP contribution in [0, 0.1) is 13.8 Å². The van der Waals surface area contributed by atoms with Crippen molar-refractivity contribution in [2.75, 3.05) is 0 Å². The highest BCUT2D eigenvalue weighted by molar-refractivity contribution is 5.36. The lowest BCUT2D eigenvalue weighted by molar-refractivity contribution is 0.897. The van der Waals surface area contributed by atoms with Crippen LogP contribution in [0.25, 0.3) is 0 Å². The van der Waals surface area contributed by atoms with Gasteiger partial charge in [0.15, 0.2) is 0 Å². The Labute approximate surface area is 104 Å². The molecule has 0 saturated heterocycles. The number of aromatic amines is 1. The van der Waals surface area contributed by atoms with E-state index < -0.39 is 0 Å². The molecule has 0 atom stereocenters. The van der Waals surface area contributed by atoms with Crippen LogP contribution in [0.15, 0.2) is 30.3 Å². The molecule has 0 saturated carbocycles. The first kappa shape index (κ1) is 12.0. The zero-order valence-electron chi connectivity index (χ0n) is 11.0. The first-order valence-corrected chi connectivity index (χ1v) is 6.43. The van der Waals surface area contributed by atoms with Crippen LogP contribution in [0.2, 0.25) is 0 Å². The van der Waals surface area contributed by atoms with Crippen LogP contribution < -0.4 is 0 Å². The summed E-state index contributed by atoms with van der Waals surface area (Å²) in [5, 5.41) is 0. The van der Waals surface area contributed by atoms with E-state index in [-0.39, 0.29) is 0 Å². The maximum Gasteiger partial charge on any atom is 0.0187 e. The second kappa shape index (κ2) is 5.22. The van der Waals surface area contributed by atoms with Gasteiger partial charge in [-0.05, 0) is 49.8 Å². The van der Waals surface area contributed by atoms with E-state index in [1.165, 1.54) is 28.1 Å².